The molecule has 0 bridgehead atoms. The van der Waals surface area contributed by atoms with Gasteiger partial charge in [0, 0.05) is 46.0 Å². The van der Waals surface area contributed by atoms with Gasteiger partial charge in [0.25, 0.3) is 0 Å². The van der Waals surface area contributed by atoms with Crippen molar-refractivity contribution in [3.63, 3.8) is 0 Å². The highest BCUT2D eigenvalue weighted by atomic mass is 32.2. The second-order valence-electron chi connectivity index (χ2n) is 6.47. The molecule has 2 aromatic heterocycles. The second-order valence-corrected chi connectivity index (χ2v) is 8.59. The highest BCUT2D eigenvalue weighted by Gasteiger charge is 2.13. The van der Waals surface area contributed by atoms with Gasteiger partial charge in [0.05, 0.1) is 17.5 Å². The first-order chi connectivity index (χ1) is 14.0. The van der Waals surface area contributed by atoms with Crippen LogP contribution < -0.4 is 5.43 Å². The average Bonchev–Trinajstić information content (AvgIpc) is 3.24. The summed E-state index contributed by atoms with van der Waals surface area (Å²) in [6.45, 7) is 0.574. The number of rotatable bonds is 7. The van der Waals surface area contributed by atoms with Gasteiger partial charge < -0.3 is 9.67 Å². The second kappa shape index (κ2) is 8.34. The number of halogens is 1. The van der Waals surface area contributed by atoms with Crippen molar-refractivity contribution in [2.45, 2.75) is 13.0 Å². The number of pyridine rings is 1. The molecular formula is C21H17FN2O3S2. The molecule has 2 aromatic carbocycles. The molecule has 0 aliphatic carbocycles. The Morgan fingerprint density at radius 2 is 2.00 bits per heavy atom. The molecular weight excluding hydrogens is 411 g/mol. The van der Waals surface area contributed by atoms with Crippen molar-refractivity contribution < 1.29 is 14.3 Å². The van der Waals surface area contributed by atoms with Crippen LogP contribution in [0.15, 0.2) is 52.8 Å². The van der Waals surface area contributed by atoms with Crippen LogP contribution in [0, 0.1) is 5.82 Å². The van der Waals surface area contributed by atoms with Crippen LogP contribution in [0.3, 0.4) is 0 Å². The number of thiazole rings is 1. The largest absolute Gasteiger partial charge is 0.481 e. The fraction of sp³-hybridized carbons (Fsp3) is 0.190. The molecule has 2 heterocycles. The van der Waals surface area contributed by atoms with Crippen LogP contribution in [0.5, 0.6) is 0 Å². The first-order valence-electron chi connectivity index (χ1n) is 9.00. The van der Waals surface area contributed by atoms with Gasteiger partial charge in [-0.2, -0.15) is 11.8 Å². The first-order valence-corrected chi connectivity index (χ1v) is 11.0. The maximum Gasteiger partial charge on any atom is 0.304 e. The van der Waals surface area contributed by atoms with Crippen molar-refractivity contribution in [1.82, 2.24) is 9.55 Å². The molecule has 29 heavy (non-hydrogen) atoms. The van der Waals surface area contributed by atoms with Crippen molar-refractivity contribution in [1.29, 1.82) is 0 Å². The molecule has 0 unspecified atom stereocenters. The molecule has 4 aromatic rings. The Morgan fingerprint density at radius 1 is 1.14 bits per heavy atom. The Kier molecular flexibility index (Phi) is 5.64. The van der Waals surface area contributed by atoms with Crippen LogP contribution in [0.25, 0.3) is 32.4 Å². The molecule has 0 spiro atoms. The Hall–Kier alpha value is -2.71. The van der Waals surface area contributed by atoms with Crippen LogP contribution >= 0.6 is 23.1 Å². The van der Waals surface area contributed by atoms with Crippen molar-refractivity contribution in [3.8, 4) is 10.6 Å². The highest BCUT2D eigenvalue weighted by molar-refractivity contribution is 7.99. The number of hydrogen-bond donors (Lipinski definition) is 1. The quantitative estimate of drug-likeness (QED) is 0.343. The van der Waals surface area contributed by atoms with Crippen LogP contribution in [0.2, 0.25) is 0 Å². The molecule has 8 heteroatoms. The van der Waals surface area contributed by atoms with E-state index < -0.39 is 11.8 Å². The molecule has 0 radical (unpaired) electrons. The fourth-order valence-electron chi connectivity index (χ4n) is 3.30. The lowest BCUT2D eigenvalue weighted by Gasteiger charge is -2.16. The molecule has 4 rings (SSSR count). The summed E-state index contributed by atoms with van der Waals surface area (Å²) in [5, 5.41) is 12.4. The SMILES string of the molecule is O=C(O)CCSCCn1c2ccc(F)cc2c(=O)c2ccc(-c3nccs3)cc21. The third-order valence-electron chi connectivity index (χ3n) is 4.63. The summed E-state index contributed by atoms with van der Waals surface area (Å²) >= 11 is 3.06. The molecule has 0 aliphatic heterocycles. The van der Waals surface area contributed by atoms with Crippen molar-refractivity contribution >= 4 is 50.9 Å². The number of aryl methyl sites for hydroxylation is 1. The lowest BCUT2D eigenvalue weighted by molar-refractivity contribution is -0.136. The van der Waals surface area contributed by atoms with E-state index in [0.29, 0.717) is 34.3 Å². The van der Waals surface area contributed by atoms with Gasteiger partial charge in [-0.05, 0) is 30.3 Å². The number of thioether (sulfide) groups is 1. The number of aliphatic carboxylic acids is 1. The number of carboxylic acid groups (broad SMARTS) is 1. The molecule has 0 aliphatic rings. The smallest absolute Gasteiger partial charge is 0.304 e. The molecule has 0 atom stereocenters. The van der Waals surface area contributed by atoms with Crippen LogP contribution in [-0.2, 0) is 11.3 Å². The third kappa shape index (κ3) is 4.04. The van der Waals surface area contributed by atoms with Gasteiger partial charge in [0.15, 0.2) is 5.43 Å². The zero-order valence-corrected chi connectivity index (χ0v) is 16.9. The topological polar surface area (TPSA) is 72.2 Å². The summed E-state index contributed by atoms with van der Waals surface area (Å²) in [5.74, 6) is -0.0695. The van der Waals surface area contributed by atoms with Crippen molar-refractivity contribution in [2.75, 3.05) is 11.5 Å². The van der Waals surface area contributed by atoms with Gasteiger partial charge in [-0.15, -0.1) is 11.3 Å². The molecule has 0 amide bonds. The highest BCUT2D eigenvalue weighted by Crippen LogP contribution is 2.27. The third-order valence-corrected chi connectivity index (χ3v) is 6.41. The van der Waals surface area contributed by atoms with E-state index in [9.17, 15) is 14.0 Å². The molecule has 5 nitrogen and oxygen atoms in total. The van der Waals surface area contributed by atoms with E-state index in [4.69, 9.17) is 5.11 Å². The van der Waals surface area contributed by atoms with E-state index in [1.165, 1.54) is 35.2 Å². The van der Waals surface area contributed by atoms with Gasteiger partial charge in [-0.1, -0.05) is 6.07 Å². The lowest BCUT2D eigenvalue weighted by atomic mass is 10.1. The summed E-state index contributed by atoms with van der Waals surface area (Å²) in [7, 11) is 0. The maximum atomic E-state index is 13.8. The van der Waals surface area contributed by atoms with Crippen molar-refractivity contribution in [3.05, 3.63) is 64.0 Å². The average molecular weight is 429 g/mol. The number of benzene rings is 2. The summed E-state index contributed by atoms with van der Waals surface area (Å²) < 4.78 is 15.8. The maximum absolute atomic E-state index is 13.8. The van der Waals surface area contributed by atoms with Gasteiger partial charge in [0.2, 0.25) is 0 Å². The minimum atomic E-state index is -0.819. The Labute approximate surface area is 173 Å². The minimum Gasteiger partial charge on any atom is -0.481 e. The van der Waals surface area contributed by atoms with E-state index in [0.717, 1.165) is 16.1 Å². The molecule has 1 N–H and O–H groups in total. The fourth-order valence-corrected chi connectivity index (χ4v) is 4.77. The molecule has 0 saturated heterocycles. The number of aromatic nitrogens is 2. The van der Waals surface area contributed by atoms with Crippen molar-refractivity contribution in [2.24, 2.45) is 0 Å². The minimum absolute atomic E-state index is 0.107. The zero-order chi connectivity index (χ0) is 20.4. The number of nitrogens with zero attached hydrogens (tertiary/aromatic N) is 2. The van der Waals surface area contributed by atoms with Gasteiger partial charge in [-0.3, -0.25) is 9.59 Å². The molecule has 0 saturated carbocycles. The Morgan fingerprint density at radius 3 is 2.76 bits per heavy atom. The number of hydrogen-bond acceptors (Lipinski definition) is 5. The van der Waals surface area contributed by atoms with E-state index in [1.54, 1.807) is 18.3 Å². The van der Waals surface area contributed by atoms with Crippen LogP contribution in [0.1, 0.15) is 6.42 Å². The summed E-state index contributed by atoms with van der Waals surface area (Å²) in [6.07, 6.45) is 1.84. The predicted molar refractivity (Wildman–Crippen MR) is 116 cm³/mol. The number of carbonyl (C=O) groups is 1. The zero-order valence-electron chi connectivity index (χ0n) is 15.3. The van der Waals surface area contributed by atoms with E-state index >= 15 is 0 Å². The van der Waals surface area contributed by atoms with Crippen LogP contribution in [-0.4, -0.2) is 32.1 Å². The van der Waals surface area contributed by atoms with E-state index in [-0.39, 0.29) is 11.8 Å². The standard InChI is InChI=1S/C21H17FN2O3S2/c22-14-2-4-17-16(12-14)20(27)15-3-1-13(21-23-6-9-29-21)11-18(15)24(17)7-10-28-8-5-19(25)26/h1-4,6,9,11-12H,5,7-8,10H2,(H,25,26). The van der Waals surface area contributed by atoms with Crippen LogP contribution in [0.4, 0.5) is 4.39 Å². The molecule has 148 valence electrons. The Bertz CT molecular complexity index is 1250. The predicted octanol–water partition coefficient (Wildman–Crippen LogP) is 4.63. The molecule has 0 fully saturated rings. The van der Waals surface area contributed by atoms with E-state index in [1.807, 2.05) is 22.1 Å². The normalized spacial score (nSPS) is 11.3. The van der Waals surface area contributed by atoms with E-state index in [2.05, 4.69) is 4.98 Å². The van der Waals surface area contributed by atoms with Gasteiger partial charge >= 0.3 is 5.97 Å². The monoisotopic (exact) mass is 428 g/mol. The summed E-state index contributed by atoms with van der Waals surface area (Å²) in [5.41, 5.74) is 2.15. The first kappa shape index (κ1) is 19.6. The van der Waals surface area contributed by atoms with Gasteiger partial charge in [0.1, 0.15) is 10.8 Å². The number of carboxylic acids is 1. The lowest BCUT2D eigenvalue weighted by Crippen LogP contribution is -2.13. The van der Waals surface area contributed by atoms with Gasteiger partial charge in [-0.25, -0.2) is 9.37 Å². The number of fused-ring (bicyclic) bond motifs is 2. The Balaban J connectivity index is 1.83. The summed E-state index contributed by atoms with van der Waals surface area (Å²) in [6, 6.07) is 9.84. The summed E-state index contributed by atoms with van der Waals surface area (Å²) in [4.78, 5) is 28.0.